The van der Waals surface area contributed by atoms with E-state index in [1.165, 1.54) is 4.90 Å². The van der Waals surface area contributed by atoms with Gasteiger partial charge in [0.1, 0.15) is 5.82 Å². The highest BCUT2D eigenvalue weighted by atomic mass is 16.4. The Morgan fingerprint density at radius 3 is 2.37 bits per heavy atom. The monoisotopic (exact) mass is 367 g/mol. The largest absolute Gasteiger partial charge is 0.465 e. The van der Waals surface area contributed by atoms with Gasteiger partial charge in [-0.15, -0.1) is 0 Å². The van der Waals surface area contributed by atoms with Gasteiger partial charge in [0.05, 0.1) is 23.6 Å². The first-order valence-electron chi connectivity index (χ1n) is 8.78. The molecular formula is C20H25N5O2. The standard InChI is InChI=1S/C20H25N5O2/c1-20(2,3)24(19(26)27)12-14-6-8-15(9-7-14)18-16-10-11-21-25(16)13-17(22-18)23(4)5/h6-11,13H,12H2,1-5H3,(H,26,27). The number of benzene rings is 1. The quantitative estimate of drug-likeness (QED) is 0.760. The summed E-state index contributed by atoms with van der Waals surface area (Å²) in [6.45, 7) is 6.01. The van der Waals surface area contributed by atoms with Crippen molar-refractivity contribution in [1.82, 2.24) is 19.5 Å². The van der Waals surface area contributed by atoms with Gasteiger partial charge in [0.15, 0.2) is 0 Å². The van der Waals surface area contributed by atoms with Crippen molar-refractivity contribution in [2.45, 2.75) is 32.9 Å². The van der Waals surface area contributed by atoms with Crippen LogP contribution in [-0.4, -0.2) is 50.3 Å². The van der Waals surface area contributed by atoms with Crippen LogP contribution in [0.3, 0.4) is 0 Å². The predicted octanol–water partition coefficient (Wildman–Crippen LogP) is 3.74. The van der Waals surface area contributed by atoms with Gasteiger partial charge in [0, 0.05) is 31.7 Å². The second kappa shape index (κ2) is 6.90. The third-order valence-corrected chi connectivity index (χ3v) is 4.44. The molecule has 27 heavy (non-hydrogen) atoms. The Kier molecular flexibility index (Phi) is 4.78. The maximum absolute atomic E-state index is 11.6. The van der Waals surface area contributed by atoms with E-state index >= 15 is 0 Å². The molecule has 7 nitrogen and oxygen atoms in total. The normalized spacial score (nSPS) is 11.6. The Bertz CT molecular complexity index is 955. The van der Waals surface area contributed by atoms with Gasteiger partial charge in [-0.05, 0) is 32.4 Å². The van der Waals surface area contributed by atoms with Crippen molar-refractivity contribution in [2.75, 3.05) is 19.0 Å². The third-order valence-electron chi connectivity index (χ3n) is 4.44. The Morgan fingerprint density at radius 2 is 1.81 bits per heavy atom. The molecule has 3 aromatic rings. The Balaban J connectivity index is 1.95. The van der Waals surface area contributed by atoms with Gasteiger partial charge in [-0.3, -0.25) is 4.90 Å². The highest BCUT2D eigenvalue weighted by Crippen LogP contribution is 2.26. The van der Waals surface area contributed by atoms with E-state index < -0.39 is 11.6 Å². The first kappa shape index (κ1) is 18.7. The number of amides is 1. The summed E-state index contributed by atoms with van der Waals surface area (Å²) in [6, 6.07) is 9.79. The summed E-state index contributed by atoms with van der Waals surface area (Å²) in [5.41, 5.74) is 3.21. The Labute approximate surface area is 158 Å². The molecule has 142 valence electrons. The molecule has 0 fully saturated rings. The zero-order valence-electron chi connectivity index (χ0n) is 16.3. The van der Waals surface area contributed by atoms with E-state index in [-0.39, 0.29) is 0 Å². The zero-order chi connectivity index (χ0) is 19.8. The number of anilines is 1. The van der Waals surface area contributed by atoms with Crippen molar-refractivity contribution in [3.8, 4) is 11.3 Å². The van der Waals surface area contributed by atoms with Crippen molar-refractivity contribution < 1.29 is 9.90 Å². The van der Waals surface area contributed by atoms with E-state index in [0.29, 0.717) is 6.54 Å². The van der Waals surface area contributed by atoms with E-state index in [0.717, 1.165) is 28.2 Å². The minimum atomic E-state index is -0.923. The molecule has 0 aliphatic heterocycles. The number of fused-ring (bicyclic) bond motifs is 1. The number of carbonyl (C=O) groups is 1. The minimum absolute atomic E-state index is 0.340. The number of aromatic nitrogens is 3. The molecule has 0 saturated carbocycles. The lowest BCUT2D eigenvalue weighted by Crippen LogP contribution is -2.44. The number of carboxylic acid groups (broad SMARTS) is 1. The van der Waals surface area contributed by atoms with E-state index in [1.54, 1.807) is 6.20 Å². The smallest absolute Gasteiger partial charge is 0.408 e. The van der Waals surface area contributed by atoms with Crippen LogP contribution in [0.2, 0.25) is 0 Å². The molecule has 7 heteroatoms. The summed E-state index contributed by atoms with van der Waals surface area (Å²) in [5, 5.41) is 13.8. The van der Waals surface area contributed by atoms with E-state index in [4.69, 9.17) is 4.98 Å². The molecular weight excluding hydrogens is 342 g/mol. The topological polar surface area (TPSA) is 74.0 Å². The fraction of sp³-hybridized carbons (Fsp3) is 0.350. The summed E-state index contributed by atoms with van der Waals surface area (Å²) in [4.78, 5) is 19.7. The average molecular weight is 367 g/mol. The lowest BCUT2D eigenvalue weighted by molar-refractivity contribution is 0.0955. The van der Waals surface area contributed by atoms with Crippen molar-refractivity contribution in [3.05, 3.63) is 48.3 Å². The van der Waals surface area contributed by atoms with Crippen LogP contribution in [-0.2, 0) is 6.54 Å². The molecule has 0 aliphatic carbocycles. The van der Waals surface area contributed by atoms with Crippen LogP contribution in [0, 0.1) is 0 Å². The molecule has 0 unspecified atom stereocenters. The molecule has 2 heterocycles. The number of nitrogens with zero attached hydrogens (tertiary/aromatic N) is 5. The van der Waals surface area contributed by atoms with Crippen LogP contribution < -0.4 is 4.90 Å². The van der Waals surface area contributed by atoms with Gasteiger partial charge in [-0.25, -0.2) is 14.3 Å². The summed E-state index contributed by atoms with van der Waals surface area (Å²) in [6.07, 6.45) is 2.72. The third kappa shape index (κ3) is 3.86. The Hall–Kier alpha value is -3.09. The highest BCUT2D eigenvalue weighted by Gasteiger charge is 2.26. The molecule has 0 radical (unpaired) electrons. The average Bonchev–Trinajstić information content (AvgIpc) is 3.06. The second-order valence-electron chi connectivity index (χ2n) is 7.74. The molecule has 0 aliphatic rings. The van der Waals surface area contributed by atoms with Gasteiger partial charge >= 0.3 is 6.09 Å². The molecule has 1 aromatic carbocycles. The molecule has 0 saturated heterocycles. The van der Waals surface area contributed by atoms with E-state index in [2.05, 4.69) is 5.10 Å². The minimum Gasteiger partial charge on any atom is -0.465 e. The molecule has 3 rings (SSSR count). The molecule has 2 aromatic heterocycles. The fourth-order valence-electron chi connectivity index (χ4n) is 2.88. The second-order valence-corrected chi connectivity index (χ2v) is 7.74. The summed E-state index contributed by atoms with van der Waals surface area (Å²) >= 11 is 0. The van der Waals surface area contributed by atoms with E-state index in [9.17, 15) is 9.90 Å². The molecule has 1 amide bonds. The summed E-state index contributed by atoms with van der Waals surface area (Å²) in [5.74, 6) is 0.815. The predicted molar refractivity (Wildman–Crippen MR) is 106 cm³/mol. The maximum Gasteiger partial charge on any atom is 0.408 e. The van der Waals surface area contributed by atoms with Gasteiger partial charge in [-0.1, -0.05) is 24.3 Å². The fourth-order valence-corrected chi connectivity index (χ4v) is 2.88. The molecule has 0 bridgehead atoms. The van der Waals surface area contributed by atoms with Gasteiger partial charge in [0.25, 0.3) is 0 Å². The zero-order valence-corrected chi connectivity index (χ0v) is 16.3. The van der Waals surface area contributed by atoms with Crippen LogP contribution >= 0.6 is 0 Å². The van der Waals surface area contributed by atoms with Crippen LogP contribution in [0.15, 0.2) is 42.7 Å². The highest BCUT2D eigenvalue weighted by molar-refractivity contribution is 5.78. The summed E-state index contributed by atoms with van der Waals surface area (Å²) < 4.78 is 1.82. The van der Waals surface area contributed by atoms with Crippen LogP contribution in [0.4, 0.5) is 10.6 Å². The summed E-state index contributed by atoms with van der Waals surface area (Å²) in [7, 11) is 3.88. The number of hydrogen-bond donors (Lipinski definition) is 1. The van der Waals surface area contributed by atoms with Crippen LogP contribution in [0.5, 0.6) is 0 Å². The van der Waals surface area contributed by atoms with Crippen LogP contribution in [0.1, 0.15) is 26.3 Å². The Morgan fingerprint density at radius 1 is 1.15 bits per heavy atom. The molecule has 0 spiro atoms. The van der Waals surface area contributed by atoms with Gasteiger partial charge in [0.2, 0.25) is 0 Å². The van der Waals surface area contributed by atoms with Crippen LogP contribution in [0.25, 0.3) is 16.8 Å². The first-order valence-corrected chi connectivity index (χ1v) is 8.78. The van der Waals surface area contributed by atoms with Crippen molar-refractivity contribution in [3.63, 3.8) is 0 Å². The maximum atomic E-state index is 11.6. The SMILES string of the molecule is CN(C)c1cn2nccc2c(-c2ccc(CN(C(=O)O)C(C)(C)C)cc2)n1. The lowest BCUT2D eigenvalue weighted by Gasteiger charge is -2.33. The lowest BCUT2D eigenvalue weighted by atomic mass is 10.0. The molecule has 0 atom stereocenters. The van der Waals surface area contributed by atoms with Crippen molar-refractivity contribution in [1.29, 1.82) is 0 Å². The van der Waals surface area contributed by atoms with Crippen molar-refractivity contribution in [2.24, 2.45) is 0 Å². The molecule has 1 N–H and O–H groups in total. The van der Waals surface area contributed by atoms with Gasteiger partial charge in [-0.2, -0.15) is 5.10 Å². The first-order chi connectivity index (χ1) is 12.7. The van der Waals surface area contributed by atoms with Gasteiger partial charge < -0.3 is 10.0 Å². The van der Waals surface area contributed by atoms with E-state index in [1.807, 2.05) is 80.8 Å². The van der Waals surface area contributed by atoms with Crippen molar-refractivity contribution >= 4 is 17.4 Å². The number of hydrogen-bond acceptors (Lipinski definition) is 4. The number of rotatable bonds is 4.